The third kappa shape index (κ3) is 3.30. The maximum Gasteiger partial charge on any atom is 0.270 e. The second-order valence-corrected chi connectivity index (χ2v) is 4.59. The van der Waals surface area contributed by atoms with E-state index >= 15 is 0 Å². The maximum absolute atomic E-state index is 8.90. The van der Waals surface area contributed by atoms with Crippen LogP contribution < -0.4 is 10.6 Å². The lowest BCUT2D eigenvalue weighted by Crippen LogP contribution is -2.44. The molecule has 1 heterocycles. The smallest absolute Gasteiger partial charge is 0.270 e. The number of imidazole rings is 1. The quantitative estimate of drug-likeness (QED) is 0.613. The monoisotopic (exact) mass is 246 g/mol. The van der Waals surface area contributed by atoms with Crippen LogP contribution in [0.1, 0.15) is 39.7 Å². The van der Waals surface area contributed by atoms with Gasteiger partial charge in [-0.3, -0.25) is 15.2 Å². The van der Waals surface area contributed by atoms with Crippen molar-refractivity contribution in [3.8, 4) is 6.07 Å². The van der Waals surface area contributed by atoms with Gasteiger partial charge in [0.2, 0.25) is 0 Å². The van der Waals surface area contributed by atoms with Crippen molar-refractivity contribution in [3.05, 3.63) is 23.4 Å². The Morgan fingerprint density at radius 3 is 2.28 bits per heavy atom. The molecule has 0 spiro atoms. The number of hydrogen-bond acceptors (Lipinski definition) is 4. The van der Waals surface area contributed by atoms with Crippen molar-refractivity contribution < 1.29 is 0 Å². The lowest BCUT2D eigenvalue weighted by atomic mass is 10.3. The van der Waals surface area contributed by atoms with E-state index in [0.29, 0.717) is 0 Å². The maximum atomic E-state index is 8.90. The Bertz CT molecular complexity index is 464. The Hall–Kier alpha value is -1.89. The van der Waals surface area contributed by atoms with Crippen LogP contribution in [0.4, 0.5) is 5.82 Å². The van der Waals surface area contributed by atoms with Crippen molar-refractivity contribution >= 4 is 5.82 Å². The number of aromatic nitrogens is 2. The summed E-state index contributed by atoms with van der Waals surface area (Å²) in [5.74, 6) is 0.254. The first-order valence-corrected chi connectivity index (χ1v) is 5.86. The van der Waals surface area contributed by atoms with Gasteiger partial charge in [0.05, 0.1) is 0 Å². The first-order chi connectivity index (χ1) is 8.49. The summed E-state index contributed by atoms with van der Waals surface area (Å²) in [6, 6.07) is 2.41. The molecule has 0 saturated heterocycles. The molecule has 0 radical (unpaired) electrons. The largest absolute Gasteiger partial charge is 0.361 e. The first kappa shape index (κ1) is 14.2. The Labute approximate surface area is 107 Å². The summed E-state index contributed by atoms with van der Waals surface area (Å²) in [7, 11) is 0. The highest BCUT2D eigenvalue weighted by molar-refractivity contribution is 5.49. The Kier molecular flexibility index (Phi) is 4.85. The van der Waals surface area contributed by atoms with Gasteiger partial charge >= 0.3 is 0 Å². The zero-order chi connectivity index (χ0) is 13.7. The molecule has 2 N–H and O–H groups in total. The molecule has 1 aromatic heterocycles. The van der Waals surface area contributed by atoms with E-state index in [1.807, 2.05) is 33.8 Å². The summed E-state index contributed by atoms with van der Waals surface area (Å²) in [4.78, 5) is 7.33. The van der Waals surface area contributed by atoms with E-state index in [9.17, 15) is 0 Å². The number of nitrogens with zero attached hydrogens (tertiary/aromatic N) is 4. The zero-order valence-corrected chi connectivity index (χ0v) is 11.1. The van der Waals surface area contributed by atoms with Crippen molar-refractivity contribution in [1.82, 2.24) is 20.2 Å². The zero-order valence-electron chi connectivity index (χ0n) is 11.1. The predicted molar refractivity (Wildman–Crippen MR) is 68.8 cm³/mol. The average molecular weight is 246 g/mol. The van der Waals surface area contributed by atoms with E-state index in [1.54, 1.807) is 4.57 Å². The van der Waals surface area contributed by atoms with Crippen LogP contribution in [0.3, 0.4) is 0 Å². The molecule has 18 heavy (non-hydrogen) atoms. The van der Waals surface area contributed by atoms with Crippen molar-refractivity contribution in [1.29, 1.82) is 5.26 Å². The average Bonchev–Trinajstić information content (AvgIpc) is 2.69. The van der Waals surface area contributed by atoms with E-state index in [1.165, 1.54) is 6.33 Å². The fraction of sp³-hybridized carbons (Fsp3) is 0.583. The summed E-state index contributed by atoms with van der Waals surface area (Å²) < 4.78 is 1.66. The molecule has 0 aliphatic rings. The molecule has 0 atom stereocenters. The van der Waals surface area contributed by atoms with Crippen LogP contribution >= 0.6 is 0 Å². The number of hydrogen-bond donors (Lipinski definition) is 2. The van der Waals surface area contributed by atoms with Crippen LogP contribution in [0.5, 0.6) is 0 Å². The SMILES string of the molecule is [C-]#[N+]c1c(C#N)ncn1C(NC(C)C)NC(C)C. The molecule has 0 fully saturated rings. The minimum atomic E-state index is -0.247. The van der Waals surface area contributed by atoms with Gasteiger partial charge in [0.1, 0.15) is 6.07 Å². The van der Waals surface area contributed by atoms with Crippen LogP contribution in [0.25, 0.3) is 4.85 Å². The molecule has 0 saturated carbocycles. The van der Waals surface area contributed by atoms with Crippen molar-refractivity contribution in [2.45, 2.75) is 46.1 Å². The lowest BCUT2D eigenvalue weighted by molar-refractivity contribution is 0.288. The third-order valence-corrected chi connectivity index (χ3v) is 2.24. The summed E-state index contributed by atoms with van der Waals surface area (Å²) in [5.41, 5.74) is 0.158. The first-order valence-electron chi connectivity index (χ1n) is 5.86. The second kappa shape index (κ2) is 6.15. The van der Waals surface area contributed by atoms with E-state index in [-0.39, 0.29) is 29.9 Å². The standard InChI is InChI=1S/C12H18N6/c1-8(2)16-12(17-9(3)4)18-7-15-10(6-13)11(18)14-5/h7-9,12,16-17H,1-4H3. The van der Waals surface area contributed by atoms with Gasteiger partial charge in [-0.05, 0) is 27.7 Å². The molecular formula is C12H18N6. The summed E-state index contributed by atoms with van der Waals surface area (Å²) in [6.45, 7) is 15.3. The molecule has 6 nitrogen and oxygen atoms in total. The van der Waals surface area contributed by atoms with Gasteiger partial charge in [0.25, 0.3) is 5.82 Å². The molecule has 96 valence electrons. The van der Waals surface area contributed by atoms with E-state index in [4.69, 9.17) is 11.8 Å². The molecule has 0 aliphatic heterocycles. The molecule has 6 heteroatoms. The van der Waals surface area contributed by atoms with Gasteiger partial charge in [-0.2, -0.15) is 5.26 Å². The molecule has 0 bridgehead atoms. The molecule has 0 unspecified atom stereocenters. The highest BCUT2D eigenvalue weighted by Crippen LogP contribution is 2.20. The van der Waals surface area contributed by atoms with Crippen LogP contribution in [-0.2, 0) is 0 Å². The highest BCUT2D eigenvalue weighted by atomic mass is 15.4. The molecule has 0 aromatic carbocycles. The van der Waals surface area contributed by atoms with Gasteiger partial charge in [-0.15, -0.1) is 0 Å². The summed E-state index contributed by atoms with van der Waals surface area (Å²) in [6.07, 6.45) is 1.27. The van der Waals surface area contributed by atoms with Crippen molar-refractivity contribution in [2.24, 2.45) is 0 Å². The Morgan fingerprint density at radius 2 is 1.89 bits per heavy atom. The third-order valence-electron chi connectivity index (χ3n) is 2.24. The van der Waals surface area contributed by atoms with E-state index in [0.717, 1.165) is 0 Å². The topological polar surface area (TPSA) is 70.0 Å². The van der Waals surface area contributed by atoms with E-state index in [2.05, 4.69) is 20.5 Å². The van der Waals surface area contributed by atoms with Crippen LogP contribution in [-0.4, -0.2) is 21.6 Å². The summed E-state index contributed by atoms with van der Waals surface area (Å²) in [5, 5.41) is 15.5. The van der Waals surface area contributed by atoms with Gasteiger partial charge in [0, 0.05) is 12.1 Å². The van der Waals surface area contributed by atoms with E-state index < -0.39 is 0 Å². The predicted octanol–water partition coefficient (Wildman–Crippen LogP) is 1.76. The molecule has 0 aliphatic carbocycles. The fourth-order valence-electron chi connectivity index (χ4n) is 1.57. The fourth-order valence-corrected chi connectivity index (χ4v) is 1.57. The number of nitrogens with one attached hydrogen (secondary N) is 2. The van der Waals surface area contributed by atoms with Crippen LogP contribution in [0.2, 0.25) is 0 Å². The Morgan fingerprint density at radius 1 is 1.33 bits per heavy atom. The van der Waals surface area contributed by atoms with Crippen molar-refractivity contribution in [2.75, 3.05) is 0 Å². The van der Waals surface area contributed by atoms with Crippen LogP contribution in [0, 0.1) is 17.9 Å². The normalized spacial score (nSPS) is 10.9. The molecule has 1 aromatic rings. The van der Waals surface area contributed by atoms with Crippen LogP contribution in [0.15, 0.2) is 6.33 Å². The van der Waals surface area contributed by atoms with Gasteiger partial charge in [-0.25, -0.2) is 4.98 Å². The van der Waals surface area contributed by atoms with Crippen molar-refractivity contribution in [3.63, 3.8) is 0 Å². The van der Waals surface area contributed by atoms with Gasteiger partial charge in [0.15, 0.2) is 18.3 Å². The molecule has 0 amide bonds. The summed E-state index contributed by atoms with van der Waals surface area (Å²) >= 11 is 0. The minimum Gasteiger partial charge on any atom is -0.361 e. The molecular weight excluding hydrogens is 228 g/mol. The Balaban J connectivity index is 3.09. The van der Waals surface area contributed by atoms with Gasteiger partial charge < -0.3 is 4.85 Å². The lowest BCUT2D eigenvalue weighted by Gasteiger charge is -2.23. The molecule has 1 rings (SSSR count). The minimum absolute atomic E-state index is 0.158. The number of nitriles is 1. The number of rotatable bonds is 5. The van der Waals surface area contributed by atoms with Gasteiger partial charge in [-0.1, -0.05) is 6.57 Å². The second-order valence-electron chi connectivity index (χ2n) is 4.59. The highest BCUT2D eigenvalue weighted by Gasteiger charge is 2.21.